The van der Waals surface area contributed by atoms with Crippen LogP contribution in [0.1, 0.15) is 6.42 Å². The van der Waals surface area contributed by atoms with Crippen molar-refractivity contribution < 1.29 is 0 Å². The molecule has 0 aromatic heterocycles. The first-order valence-corrected chi connectivity index (χ1v) is 3.32. The lowest BCUT2D eigenvalue weighted by Gasteiger charge is -2.28. The van der Waals surface area contributed by atoms with Crippen LogP contribution in [0.2, 0.25) is 0 Å². The number of alkyl halides is 1. The fraction of sp³-hybridized carbons (Fsp3) is 1.00. The van der Waals surface area contributed by atoms with Crippen LogP contribution < -0.4 is 5.32 Å². The molecule has 0 aromatic rings. The van der Waals surface area contributed by atoms with E-state index >= 15 is 0 Å². The predicted molar refractivity (Wildman–Crippen MR) is 34.9 cm³/mol. The predicted octanol–water partition coefficient (Wildman–Crippen LogP) is 0.434. The third-order valence-corrected chi connectivity index (χ3v) is 1.87. The molecule has 48 valence electrons. The molecule has 1 aliphatic heterocycles. The molecule has 1 aliphatic rings. The number of hydrogen-bond acceptors (Lipinski definition) is 2. The number of hydrogen-bond donors (Lipinski definition) is 1. The van der Waals surface area contributed by atoms with Crippen molar-refractivity contribution in [3.63, 3.8) is 0 Å². The maximum atomic E-state index is 5.78. The van der Waals surface area contributed by atoms with Gasteiger partial charge in [0, 0.05) is 6.54 Å². The Balaban J connectivity index is 2.28. The van der Waals surface area contributed by atoms with Gasteiger partial charge >= 0.3 is 0 Å². The van der Waals surface area contributed by atoms with Crippen molar-refractivity contribution in [2.75, 3.05) is 20.1 Å². The Morgan fingerprint density at radius 3 is 2.88 bits per heavy atom. The summed E-state index contributed by atoms with van der Waals surface area (Å²) in [4.78, 5) is 2.09. The van der Waals surface area contributed by atoms with Crippen molar-refractivity contribution in [3.8, 4) is 0 Å². The summed E-state index contributed by atoms with van der Waals surface area (Å²) in [6.07, 6.45) is 1.21. The SMILES string of the molecule is CN1CCCNC1Cl. The third-order valence-electron chi connectivity index (χ3n) is 1.39. The van der Waals surface area contributed by atoms with E-state index in [2.05, 4.69) is 10.2 Å². The van der Waals surface area contributed by atoms with E-state index in [1.54, 1.807) is 0 Å². The van der Waals surface area contributed by atoms with E-state index in [4.69, 9.17) is 11.6 Å². The van der Waals surface area contributed by atoms with Crippen molar-refractivity contribution >= 4 is 11.6 Å². The highest BCUT2D eigenvalue weighted by molar-refractivity contribution is 6.20. The summed E-state index contributed by atoms with van der Waals surface area (Å²) in [6, 6.07) is 0. The maximum Gasteiger partial charge on any atom is 0.137 e. The number of halogens is 1. The van der Waals surface area contributed by atoms with Crippen molar-refractivity contribution in [1.29, 1.82) is 0 Å². The Hall–Kier alpha value is 0.210. The highest BCUT2D eigenvalue weighted by atomic mass is 35.5. The Morgan fingerprint density at radius 1 is 1.75 bits per heavy atom. The van der Waals surface area contributed by atoms with Gasteiger partial charge in [0.05, 0.1) is 0 Å². The average molecular weight is 135 g/mol. The fourth-order valence-corrected chi connectivity index (χ4v) is 1.03. The smallest absolute Gasteiger partial charge is 0.137 e. The van der Waals surface area contributed by atoms with Gasteiger partial charge in [-0.05, 0) is 20.0 Å². The Labute approximate surface area is 54.8 Å². The van der Waals surface area contributed by atoms with Crippen LogP contribution in [0.25, 0.3) is 0 Å². The zero-order chi connectivity index (χ0) is 5.98. The monoisotopic (exact) mass is 134 g/mol. The second-order valence-corrected chi connectivity index (χ2v) is 2.54. The van der Waals surface area contributed by atoms with E-state index in [1.165, 1.54) is 6.42 Å². The second-order valence-electron chi connectivity index (χ2n) is 2.12. The maximum absolute atomic E-state index is 5.78. The van der Waals surface area contributed by atoms with Gasteiger partial charge in [-0.1, -0.05) is 11.6 Å². The molecular weight excluding hydrogens is 124 g/mol. The van der Waals surface area contributed by atoms with Gasteiger partial charge < -0.3 is 0 Å². The summed E-state index contributed by atoms with van der Waals surface area (Å²) in [6.45, 7) is 2.17. The van der Waals surface area contributed by atoms with Gasteiger partial charge in [-0.2, -0.15) is 0 Å². The fourth-order valence-electron chi connectivity index (χ4n) is 0.819. The van der Waals surface area contributed by atoms with E-state index in [1.807, 2.05) is 7.05 Å². The van der Waals surface area contributed by atoms with Crippen LogP contribution in [-0.4, -0.2) is 30.7 Å². The van der Waals surface area contributed by atoms with Gasteiger partial charge in [0.15, 0.2) is 0 Å². The summed E-state index contributed by atoms with van der Waals surface area (Å²) in [7, 11) is 2.02. The van der Waals surface area contributed by atoms with Gasteiger partial charge in [-0.25, -0.2) is 0 Å². The van der Waals surface area contributed by atoms with Crippen molar-refractivity contribution in [2.45, 2.75) is 12.0 Å². The molecule has 1 unspecified atom stereocenters. The quantitative estimate of drug-likeness (QED) is 0.382. The molecule has 2 nitrogen and oxygen atoms in total. The van der Waals surface area contributed by atoms with Gasteiger partial charge in [0.25, 0.3) is 0 Å². The number of rotatable bonds is 0. The molecule has 8 heavy (non-hydrogen) atoms. The highest BCUT2D eigenvalue weighted by Gasteiger charge is 2.13. The molecule has 0 spiro atoms. The molecule has 0 aliphatic carbocycles. The van der Waals surface area contributed by atoms with Gasteiger partial charge in [-0.15, -0.1) is 0 Å². The average Bonchev–Trinajstić information content (AvgIpc) is 1.77. The number of nitrogens with one attached hydrogen (secondary N) is 1. The van der Waals surface area contributed by atoms with E-state index in [0.29, 0.717) is 0 Å². The Kier molecular flexibility index (Phi) is 2.11. The third kappa shape index (κ3) is 1.34. The molecule has 1 fully saturated rings. The molecule has 1 heterocycles. The summed E-state index contributed by atoms with van der Waals surface area (Å²) >= 11 is 5.78. The van der Waals surface area contributed by atoms with Crippen LogP contribution in [0.3, 0.4) is 0 Å². The van der Waals surface area contributed by atoms with Gasteiger partial charge in [0.2, 0.25) is 0 Å². The largest absolute Gasteiger partial charge is 0.289 e. The topological polar surface area (TPSA) is 15.3 Å². The van der Waals surface area contributed by atoms with Gasteiger partial charge in [-0.3, -0.25) is 10.2 Å². The van der Waals surface area contributed by atoms with Crippen LogP contribution in [0.4, 0.5) is 0 Å². The normalized spacial score (nSPS) is 33.0. The summed E-state index contributed by atoms with van der Waals surface area (Å²) in [5.41, 5.74) is 0.0590. The summed E-state index contributed by atoms with van der Waals surface area (Å²) < 4.78 is 0. The first kappa shape index (κ1) is 6.33. The minimum Gasteiger partial charge on any atom is -0.289 e. The first-order valence-electron chi connectivity index (χ1n) is 2.88. The van der Waals surface area contributed by atoms with Gasteiger partial charge in [0.1, 0.15) is 5.62 Å². The van der Waals surface area contributed by atoms with Crippen LogP contribution in [-0.2, 0) is 0 Å². The highest BCUT2D eigenvalue weighted by Crippen LogP contribution is 2.03. The standard InChI is InChI=1S/C5H11ClN2/c1-8-4-2-3-7-5(8)6/h5,7H,2-4H2,1H3. The first-order chi connectivity index (χ1) is 3.80. The Bertz CT molecular complexity index is 66.8. The minimum absolute atomic E-state index is 0.0590. The van der Waals surface area contributed by atoms with E-state index in [-0.39, 0.29) is 5.62 Å². The molecule has 1 rings (SSSR count). The van der Waals surface area contributed by atoms with E-state index in [9.17, 15) is 0 Å². The van der Waals surface area contributed by atoms with E-state index < -0.39 is 0 Å². The molecular formula is C5H11ClN2. The molecule has 0 bridgehead atoms. The summed E-state index contributed by atoms with van der Waals surface area (Å²) in [5.74, 6) is 0. The Morgan fingerprint density at radius 2 is 2.50 bits per heavy atom. The zero-order valence-electron chi connectivity index (χ0n) is 5.02. The second kappa shape index (κ2) is 2.67. The molecule has 0 radical (unpaired) electrons. The lowest BCUT2D eigenvalue weighted by molar-refractivity contribution is 0.229. The van der Waals surface area contributed by atoms with Crippen molar-refractivity contribution in [3.05, 3.63) is 0 Å². The van der Waals surface area contributed by atoms with Crippen LogP contribution in [0.5, 0.6) is 0 Å². The summed E-state index contributed by atoms with van der Waals surface area (Å²) in [5, 5.41) is 3.12. The lowest BCUT2D eigenvalue weighted by Crippen LogP contribution is -2.45. The molecule has 1 atom stereocenters. The molecule has 1 N–H and O–H groups in total. The molecule has 3 heteroatoms. The molecule has 1 saturated heterocycles. The van der Waals surface area contributed by atoms with Crippen molar-refractivity contribution in [2.24, 2.45) is 0 Å². The lowest BCUT2D eigenvalue weighted by atomic mass is 10.3. The van der Waals surface area contributed by atoms with Crippen LogP contribution in [0.15, 0.2) is 0 Å². The van der Waals surface area contributed by atoms with Crippen LogP contribution >= 0.6 is 11.6 Å². The minimum atomic E-state index is 0.0590. The zero-order valence-corrected chi connectivity index (χ0v) is 5.78. The van der Waals surface area contributed by atoms with E-state index in [0.717, 1.165) is 13.1 Å². The molecule has 0 aromatic carbocycles. The van der Waals surface area contributed by atoms with Crippen LogP contribution in [0, 0.1) is 0 Å². The molecule has 0 saturated carbocycles. The van der Waals surface area contributed by atoms with Crippen molar-refractivity contribution in [1.82, 2.24) is 10.2 Å². The number of nitrogens with zero attached hydrogens (tertiary/aromatic N) is 1. The molecule has 0 amide bonds.